The number of halogens is 2. The molecule has 10 heteroatoms. The molecule has 0 spiro atoms. The van der Waals surface area contributed by atoms with Crippen molar-refractivity contribution in [1.82, 2.24) is 15.5 Å². The van der Waals surface area contributed by atoms with Crippen molar-refractivity contribution in [3.63, 3.8) is 0 Å². The quantitative estimate of drug-likeness (QED) is 0.319. The van der Waals surface area contributed by atoms with Crippen molar-refractivity contribution in [2.75, 3.05) is 13.2 Å². The first-order valence-corrected chi connectivity index (χ1v) is 11.1. The van der Waals surface area contributed by atoms with Crippen molar-refractivity contribution < 1.29 is 20.1 Å². The first-order chi connectivity index (χ1) is 13.2. The Balaban J connectivity index is 1.48. The summed E-state index contributed by atoms with van der Waals surface area (Å²) >= 11 is 12.5. The summed E-state index contributed by atoms with van der Waals surface area (Å²) in [5, 5.41) is 39.2. The smallest absolute Gasteiger partial charge is 0.141 e. The van der Waals surface area contributed by atoms with Gasteiger partial charge in [-0.3, -0.25) is 15.5 Å². The zero-order chi connectivity index (χ0) is 20.2. The van der Waals surface area contributed by atoms with Gasteiger partial charge < -0.3 is 25.8 Å². The van der Waals surface area contributed by atoms with Gasteiger partial charge in [0.05, 0.1) is 23.8 Å². The van der Waals surface area contributed by atoms with E-state index in [0.717, 1.165) is 6.42 Å². The Labute approximate surface area is 175 Å². The number of ether oxygens (including phenoxy) is 1. The lowest BCUT2D eigenvalue weighted by Gasteiger charge is -2.39. The normalized spacial score (nSPS) is 53.9. The van der Waals surface area contributed by atoms with Crippen molar-refractivity contribution in [3.8, 4) is 0 Å². The summed E-state index contributed by atoms with van der Waals surface area (Å²) in [4.78, 5) is 2.03. The van der Waals surface area contributed by atoms with Crippen molar-refractivity contribution >= 4 is 23.2 Å². The van der Waals surface area contributed by atoms with Gasteiger partial charge in [-0.15, -0.1) is 23.2 Å². The number of hydrogen-bond donors (Lipinski definition) is 6. The molecule has 4 aliphatic rings. The maximum atomic E-state index is 11.0. The molecule has 1 saturated carbocycles. The second kappa shape index (κ2) is 8.07. The number of likely N-dealkylation sites (tertiary alicyclic amines) is 1. The summed E-state index contributed by atoms with van der Waals surface area (Å²) in [7, 11) is 0. The molecule has 7 unspecified atom stereocenters. The molecule has 3 heterocycles. The van der Waals surface area contributed by atoms with E-state index >= 15 is 0 Å². The molecule has 7 N–H and O–H groups in total. The Hall–Kier alpha value is 0.260. The van der Waals surface area contributed by atoms with Crippen molar-refractivity contribution in [1.29, 1.82) is 0 Å². The lowest BCUT2D eigenvalue weighted by molar-refractivity contribution is -0.146. The van der Waals surface area contributed by atoms with Gasteiger partial charge in [0, 0.05) is 24.5 Å². The van der Waals surface area contributed by atoms with Crippen LogP contribution in [0.1, 0.15) is 32.6 Å². The highest BCUT2D eigenvalue weighted by Gasteiger charge is 2.59. The largest absolute Gasteiger partial charge is 0.390 e. The summed E-state index contributed by atoms with van der Waals surface area (Å²) in [5.74, 6) is 0.0613. The number of nitrogens with two attached hydrogens (primary N) is 1. The SMILES string of the molecule is C[C@@]1(O)C([C@@H](O)C2CCC(Cl)C(Cl)C2)O[C@@H](N2CCC3C(N)NCNC32)[C@@H]1O. The molecule has 11 atom stereocenters. The highest BCUT2D eigenvalue weighted by molar-refractivity contribution is 6.30. The van der Waals surface area contributed by atoms with Gasteiger partial charge in [0.25, 0.3) is 0 Å². The van der Waals surface area contributed by atoms with E-state index < -0.39 is 30.1 Å². The molecule has 162 valence electrons. The monoisotopic (exact) mass is 438 g/mol. The van der Waals surface area contributed by atoms with Gasteiger partial charge in [-0.25, -0.2) is 0 Å². The van der Waals surface area contributed by atoms with Crippen LogP contribution in [0.4, 0.5) is 0 Å². The summed E-state index contributed by atoms with van der Waals surface area (Å²) in [6.07, 6.45) is -0.997. The Kier molecular flexibility index (Phi) is 6.19. The Bertz CT molecular complexity index is 574. The maximum Gasteiger partial charge on any atom is 0.141 e. The van der Waals surface area contributed by atoms with Crippen LogP contribution in [-0.2, 0) is 4.74 Å². The molecule has 4 rings (SSSR count). The van der Waals surface area contributed by atoms with E-state index in [1.54, 1.807) is 0 Å². The third-order valence-corrected chi connectivity index (χ3v) is 8.31. The summed E-state index contributed by atoms with van der Waals surface area (Å²) in [6, 6.07) is 0. The predicted molar refractivity (Wildman–Crippen MR) is 106 cm³/mol. The molecule has 0 aromatic carbocycles. The summed E-state index contributed by atoms with van der Waals surface area (Å²) in [5.41, 5.74) is 4.60. The zero-order valence-electron chi connectivity index (χ0n) is 16.0. The number of aliphatic hydroxyl groups excluding tert-OH is 2. The average molecular weight is 439 g/mol. The van der Waals surface area contributed by atoms with Crippen LogP contribution in [0, 0.1) is 11.8 Å². The van der Waals surface area contributed by atoms with Gasteiger partial charge in [0.1, 0.15) is 24.0 Å². The lowest BCUT2D eigenvalue weighted by atomic mass is 9.78. The fourth-order valence-electron chi connectivity index (χ4n) is 5.38. The second-order valence-corrected chi connectivity index (χ2v) is 10.1. The minimum Gasteiger partial charge on any atom is -0.390 e. The van der Waals surface area contributed by atoms with Crippen LogP contribution in [0.5, 0.6) is 0 Å². The molecule has 8 nitrogen and oxygen atoms in total. The molecule has 3 saturated heterocycles. The number of nitrogens with one attached hydrogen (secondary N) is 2. The van der Waals surface area contributed by atoms with Crippen molar-refractivity contribution in [3.05, 3.63) is 0 Å². The molecule has 28 heavy (non-hydrogen) atoms. The molecule has 0 aromatic heterocycles. The topological polar surface area (TPSA) is 123 Å². The average Bonchev–Trinajstić information content (AvgIpc) is 3.17. The van der Waals surface area contributed by atoms with E-state index in [1.165, 1.54) is 6.92 Å². The maximum absolute atomic E-state index is 11.0. The third kappa shape index (κ3) is 3.60. The molecule has 3 aliphatic heterocycles. The van der Waals surface area contributed by atoms with Crippen molar-refractivity contribution in [2.24, 2.45) is 17.6 Å². The molecule has 0 radical (unpaired) electrons. The number of fused-ring (bicyclic) bond motifs is 1. The highest BCUT2D eigenvalue weighted by atomic mass is 35.5. The van der Waals surface area contributed by atoms with E-state index in [2.05, 4.69) is 10.6 Å². The highest BCUT2D eigenvalue weighted by Crippen LogP contribution is 2.42. The number of nitrogens with zero attached hydrogens (tertiary/aromatic N) is 1. The first kappa shape index (κ1) is 21.5. The number of hydrogen-bond acceptors (Lipinski definition) is 8. The van der Waals surface area contributed by atoms with Crippen LogP contribution in [0.15, 0.2) is 0 Å². The van der Waals surface area contributed by atoms with E-state index in [9.17, 15) is 15.3 Å². The molecule has 0 amide bonds. The molecule has 4 fully saturated rings. The van der Waals surface area contributed by atoms with E-state index in [0.29, 0.717) is 32.5 Å². The van der Waals surface area contributed by atoms with E-state index in [4.69, 9.17) is 33.7 Å². The predicted octanol–water partition coefficient (Wildman–Crippen LogP) is -0.718. The van der Waals surface area contributed by atoms with E-state index in [1.807, 2.05) is 4.90 Å². The van der Waals surface area contributed by atoms with E-state index in [-0.39, 0.29) is 34.9 Å². The Morgan fingerprint density at radius 2 is 1.96 bits per heavy atom. The lowest BCUT2D eigenvalue weighted by Crippen LogP contribution is -2.64. The minimum absolute atomic E-state index is 0.0403. The minimum atomic E-state index is -1.57. The molecular weight excluding hydrogens is 407 g/mol. The van der Waals surface area contributed by atoms with Gasteiger partial charge in [0.15, 0.2) is 0 Å². The fraction of sp³-hybridized carbons (Fsp3) is 1.00. The molecule has 0 bridgehead atoms. The van der Waals surface area contributed by atoms with Gasteiger partial charge >= 0.3 is 0 Å². The Morgan fingerprint density at radius 3 is 2.68 bits per heavy atom. The van der Waals surface area contributed by atoms with Gasteiger partial charge in [-0.2, -0.15) is 0 Å². The molecule has 1 aliphatic carbocycles. The van der Waals surface area contributed by atoms with Crippen molar-refractivity contribution in [2.45, 2.75) is 85.8 Å². The van der Waals surface area contributed by atoms with Crippen LogP contribution in [0.3, 0.4) is 0 Å². The van der Waals surface area contributed by atoms with Gasteiger partial charge in [-0.1, -0.05) is 0 Å². The number of alkyl halides is 2. The standard InChI is InChI=1S/C18H32Cl2N4O4/c1-18(27)13(26)17(24-5-4-9-15(21)22-7-23-16(9)24)28-14(18)12(25)8-2-3-10(19)11(20)6-8/h8-17,22-23,25-27H,2-7,21H2,1H3/t8?,9?,10?,11?,12-,13-,14?,15?,16?,17+,18-/m0/s1. The van der Waals surface area contributed by atoms with Crippen LogP contribution < -0.4 is 16.4 Å². The summed E-state index contributed by atoms with van der Waals surface area (Å²) < 4.78 is 6.13. The molecule has 0 aromatic rings. The number of aliphatic hydroxyl groups is 3. The zero-order valence-corrected chi connectivity index (χ0v) is 17.6. The Morgan fingerprint density at radius 1 is 1.21 bits per heavy atom. The van der Waals surface area contributed by atoms with Crippen LogP contribution in [-0.4, -0.2) is 86.7 Å². The van der Waals surface area contributed by atoms with Gasteiger partial charge in [-0.05, 0) is 38.5 Å². The van der Waals surface area contributed by atoms with Crippen LogP contribution in [0.2, 0.25) is 0 Å². The molecular formula is C18H32Cl2N4O4. The van der Waals surface area contributed by atoms with Gasteiger partial charge in [0.2, 0.25) is 0 Å². The number of rotatable bonds is 3. The fourth-order valence-corrected chi connectivity index (χ4v) is 5.96. The summed E-state index contributed by atoms with van der Waals surface area (Å²) in [6.45, 7) is 2.80. The first-order valence-electron chi connectivity index (χ1n) is 10.2. The van der Waals surface area contributed by atoms with Crippen LogP contribution in [0.25, 0.3) is 0 Å². The third-order valence-electron chi connectivity index (χ3n) is 7.18. The second-order valence-electron chi connectivity index (χ2n) is 8.96. The van der Waals surface area contributed by atoms with Crippen LogP contribution >= 0.6 is 23.2 Å².